The van der Waals surface area contributed by atoms with Crippen LogP contribution in [0.25, 0.3) is 0 Å². The number of benzene rings is 1. The Morgan fingerprint density at radius 2 is 1.64 bits per heavy atom. The van der Waals surface area contributed by atoms with Gasteiger partial charge in [0.25, 0.3) is 0 Å². The largest absolute Gasteiger partial charge is 0.444 e. The maximum atomic E-state index is 12.6. The first-order valence-corrected chi connectivity index (χ1v) is 9.06. The average Bonchev–Trinajstić information content (AvgIpc) is 2.57. The number of hydrogen-bond donors (Lipinski definition) is 4. The molecule has 28 heavy (non-hydrogen) atoms. The molecule has 0 saturated heterocycles. The molecular weight excluding hydrogens is 362 g/mol. The molecule has 3 amide bonds. The quantitative estimate of drug-likeness (QED) is 0.565. The van der Waals surface area contributed by atoms with E-state index in [-0.39, 0.29) is 5.92 Å². The van der Waals surface area contributed by atoms with Crippen molar-refractivity contribution >= 4 is 23.6 Å². The highest BCUT2D eigenvalue weighted by molar-refractivity contribution is 5.98. The number of aliphatic hydroxyl groups is 1. The second-order valence-corrected chi connectivity index (χ2v) is 7.80. The predicted molar refractivity (Wildman–Crippen MR) is 107 cm³/mol. The Morgan fingerprint density at radius 3 is 2.11 bits per heavy atom. The minimum absolute atomic E-state index is 0.264. The molecule has 8 heteroatoms. The van der Waals surface area contributed by atoms with Gasteiger partial charge in [-0.1, -0.05) is 26.0 Å². The molecule has 0 fully saturated rings. The van der Waals surface area contributed by atoms with Gasteiger partial charge in [-0.05, 0) is 51.3 Å². The van der Waals surface area contributed by atoms with Crippen LogP contribution in [0.5, 0.6) is 0 Å². The molecule has 4 N–H and O–H groups in total. The van der Waals surface area contributed by atoms with Crippen molar-refractivity contribution in [2.24, 2.45) is 5.92 Å². The van der Waals surface area contributed by atoms with Gasteiger partial charge < -0.3 is 25.8 Å². The molecule has 1 aromatic carbocycles. The van der Waals surface area contributed by atoms with E-state index in [2.05, 4.69) is 22.9 Å². The number of amides is 3. The number of carbonyl (C=O) groups is 3. The number of aliphatic hydroxyl groups excluding tert-OH is 1. The van der Waals surface area contributed by atoms with E-state index < -0.39 is 42.2 Å². The highest BCUT2D eigenvalue weighted by Gasteiger charge is 2.30. The molecule has 0 spiro atoms. The van der Waals surface area contributed by atoms with E-state index in [0.29, 0.717) is 5.69 Å². The van der Waals surface area contributed by atoms with Gasteiger partial charge in [0.2, 0.25) is 11.8 Å². The molecule has 155 valence electrons. The van der Waals surface area contributed by atoms with Gasteiger partial charge in [-0.3, -0.25) is 9.59 Å². The van der Waals surface area contributed by atoms with Crippen LogP contribution in [-0.2, 0) is 14.3 Å². The molecule has 0 aliphatic carbocycles. The van der Waals surface area contributed by atoms with Crippen molar-refractivity contribution in [2.45, 2.75) is 52.3 Å². The van der Waals surface area contributed by atoms with E-state index in [4.69, 9.17) is 4.74 Å². The number of anilines is 1. The molecular formula is C20H30N3O5. The zero-order valence-electron chi connectivity index (χ0n) is 17.0. The monoisotopic (exact) mass is 392 g/mol. The molecule has 0 unspecified atom stereocenters. The van der Waals surface area contributed by atoms with Crippen LogP contribution in [0.15, 0.2) is 24.3 Å². The van der Waals surface area contributed by atoms with E-state index in [0.717, 1.165) is 5.56 Å². The summed E-state index contributed by atoms with van der Waals surface area (Å²) in [6.07, 6.45) is -0.736. The third kappa shape index (κ3) is 7.96. The third-order valence-corrected chi connectivity index (χ3v) is 3.66. The Hall–Kier alpha value is -2.61. The normalized spacial score (nSPS) is 13.4. The lowest BCUT2D eigenvalue weighted by atomic mass is 10.0. The Kier molecular flexibility index (Phi) is 8.43. The first-order valence-electron chi connectivity index (χ1n) is 9.06. The van der Waals surface area contributed by atoms with Gasteiger partial charge in [-0.2, -0.15) is 0 Å². The molecule has 8 nitrogen and oxygen atoms in total. The topological polar surface area (TPSA) is 117 Å². The lowest BCUT2D eigenvalue weighted by Crippen LogP contribution is -2.56. The first-order chi connectivity index (χ1) is 12.9. The van der Waals surface area contributed by atoms with Gasteiger partial charge in [0.1, 0.15) is 17.7 Å². The second-order valence-electron chi connectivity index (χ2n) is 7.80. The smallest absolute Gasteiger partial charge is 0.408 e. The molecule has 0 aliphatic heterocycles. The summed E-state index contributed by atoms with van der Waals surface area (Å²) in [6.45, 7) is 11.8. The van der Waals surface area contributed by atoms with Gasteiger partial charge in [0.05, 0.1) is 6.61 Å². The molecule has 1 rings (SSSR count). The third-order valence-electron chi connectivity index (χ3n) is 3.66. The average molecular weight is 392 g/mol. The van der Waals surface area contributed by atoms with Crippen LogP contribution in [0.4, 0.5) is 10.5 Å². The van der Waals surface area contributed by atoms with Crippen molar-refractivity contribution < 1.29 is 24.2 Å². The fourth-order valence-corrected chi connectivity index (χ4v) is 2.24. The van der Waals surface area contributed by atoms with Crippen LogP contribution in [-0.4, -0.2) is 47.3 Å². The number of rotatable bonds is 7. The van der Waals surface area contributed by atoms with Crippen LogP contribution in [0, 0.1) is 12.8 Å². The van der Waals surface area contributed by atoms with Gasteiger partial charge in [-0.15, -0.1) is 0 Å². The predicted octanol–water partition coefficient (Wildman–Crippen LogP) is 1.83. The Balaban J connectivity index is 2.76. The number of ether oxygens (including phenoxy) is 1. The van der Waals surface area contributed by atoms with Crippen LogP contribution in [0.1, 0.15) is 40.2 Å². The number of carbonyl (C=O) groups excluding carboxylic acids is 3. The zero-order valence-corrected chi connectivity index (χ0v) is 17.0. The Labute approximate surface area is 166 Å². The molecule has 2 atom stereocenters. The van der Waals surface area contributed by atoms with Gasteiger partial charge in [-0.25, -0.2) is 4.79 Å². The van der Waals surface area contributed by atoms with E-state index in [9.17, 15) is 19.5 Å². The number of alkyl carbamates (subject to hydrolysis) is 1. The minimum Gasteiger partial charge on any atom is -0.444 e. The van der Waals surface area contributed by atoms with Crippen molar-refractivity contribution in [1.29, 1.82) is 0 Å². The molecule has 0 heterocycles. The van der Waals surface area contributed by atoms with Gasteiger partial charge >= 0.3 is 6.09 Å². The SMILES string of the molecule is [CH2]c1ccc(NC(=O)[C@H](CO)NC(=O)[C@@H](NC(=O)OC(C)(C)C)C(C)C)cc1. The second kappa shape index (κ2) is 10.1. The minimum atomic E-state index is -1.17. The van der Waals surface area contributed by atoms with E-state index in [1.807, 2.05) is 0 Å². The first kappa shape index (κ1) is 23.4. The van der Waals surface area contributed by atoms with Gasteiger partial charge in [0, 0.05) is 5.69 Å². The fourth-order valence-electron chi connectivity index (χ4n) is 2.24. The van der Waals surface area contributed by atoms with Gasteiger partial charge in [0.15, 0.2) is 0 Å². The zero-order chi connectivity index (χ0) is 21.5. The highest BCUT2D eigenvalue weighted by atomic mass is 16.6. The van der Waals surface area contributed by atoms with Crippen LogP contribution in [0.3, 0.4) is 0 Å². The van der Waals surface area contributed by atoms with E-state index in [1.165, 1.54) is 0 Å². The van der Waals surface area contributed by atoms with E-state index in [1.54, 1.807) is 58.9 Å². The van der Waals surface area contributed by atoms with Crippen LogP contribution < -0.4 is 16.0 Å². The summed E-state index contributed by atoms with van der Waals surface area (Å²) in [5.74, 6) is -1.44. The molecule has 0 aliphatic rings. The van der Waals surface area contributed by atoms with Crippen LogP contribution >= 0.6 is 0 Å². The summed E-state index contributed by atoms with van der Waals surface area (Å²) in [5.41, 5.74) is 0.592. The molecule has 0 aromatic heterocycles. The molecule has 0 bridgehead atoms. The number of nitrogens with one attached hydrogen (secondary N) is 3. The van der Waals surface area contributed by atoms with Crippen molar-refractivity contribution in [3.63, 3.8) is 0 Å². The number of hydrogen-bond acceptors (Lipinski definition) is 5. The lowest BCUT2D eigenvalue weighted by Gasteiger charge is -2.26. The fraction of sp³-hybridized carbons (Fsp3) is 0.500. The summed E-state index contributed by atoms with van der Waals surface area (Å²) in [5, 5.41) is 17.1. The summed E-state index contributed by atoms with van der Waals surface area (Å²) < 4.78 is 5.17. The van der Waals surface area contributed by atoms with Crippen LogP contribution in [0.2, 0.25) is 0 Å². The lowest BCUT2D eigenvalue weighted by molar-refractivity contribution is -0.129. The van der Waals surface area contributed by atoms with Crippen molar-refractivity contribution in [2.75, 3.05) is 11.9 Å². The maximum Gasteiger partial charge on any atom is 0.408 e. The highest BCUT2D eigenvalue weighted by Crippen LogP contribution is 2.11. The molecule has 1 aromatic rings. The van der Waals surface area contributed by atoms with E-state index >= 15 is 0 Å². The summed E-state index contributed by atoms with van der Waals surface area (Å²) >= 11 is 0. The summed E-state index contributed by atoms with van der Waals surface area (Å²) in [7, 11) is 0. The molecule has 1 radical (unpaired) electrons. The standard InChI is InChI=1S/C20H30N3O5/c1-12(2)16(23-19(27)28-20(4,5)6)18(26)22-15(11-24)17(25)21-14-9-7-13(3)8-10-14/h7-10,12,15-16,24H,3,11H2,1-2,4-6H3,(H,21,25)(H,22,26)(H,23,27)/t15-,16-/m0/s1. The van der Waals surface area contributed by atoms with Crippen molar-refractivity contribution in [3.05, 3.63) is 36.8 Å². The summed E-state index contributed by atoms with van der Waals surface area (Å²) in [6, 6.07) is 4.67. The van der Waals surface area contributed by atoms with Crippen molar-refractivity contribution in [3.8, 4) is 0 Å². The van der Waals surface area contributed by atoms with Crippen molar-refractivity contribution in [1.82, 2.24) is 10.6 Å². The summed E-state index contributed by atoms with van der Waals surface area (Å²) in [4.78, 5) is 36.9. The Bertz CT molecular complexity index is 680. The molecule has 0 saturated carbocycles. The maximum absolute atomic E-state index is 12.6. The Morgan fingerprint density at radius 1 is 1.07 bits per heavy atom.